The summed E-state index contributed by atoms with van der Waals surface area (Å²) in [6.45, 7) is 3.58. The average Bonchev–Trinajstić information content (AvgIpc) is 2.98. The van der Waals surface area contributed by atoms with Gasteiger partial charge in [-0.25, -0.2) is 9.97 Å². The second-order valence-electron chi connectivity index (χ2n) is 4.56. The van der Waals surface area contributed by atoms with Gasteiger partial charge in [0.2, 0.25) is 5.88 Å². The van der Waals surface area contributed by atoms with E-state index < -0.39 is 0 Å². The molecule has 2 heterocycles. The Balaban J connectivity index is 1.88. The van der Waals surface area contributed by atoms with Gasteiger partial charge >= 0.3 is 0 Å². The van der Waals surface area contributed by atoms with Crippen LogP contribution in [0.4, 0.5) is 0 Å². The van der Waals surface area contributed by atoms with Crippen molar-refractivity contribution in [1.82, 2.24) is 14.5 Å². The first-order valence-corrected chi connectivity index (χ1v) is 7.11. The van der Waals surface area contributed by atoms with Crippen LogP contribution in [0.2, 0.25) is 0 Å². The van der Waals surface area contributed by atoms with Crippen LogP contribution in [0.3, 0.4) is 0 Å². The van der Waals surface area contributed by atoms with Crippen molar-refractivity contribution in [1.29, 1.82) is 0 Å². The highest BCUT2D eigenvalue weighted by molar-refractivity contribution is 5.49. The van der Waals surface area contributed by atoms with Crippen molar-refractivity contribution in [3.8, 4) is 5.88 Å². The Bertz CT molecular complexity index is 520. The lowest BCUT2D eigenvalue weighted by atomic mass is 10.2. The number of hydrogen-bond donors (Lipinski definition) is 0. The summed E-state index contributed by atoms with van der Waals surface area (Å²) < 4.78 is 7.80. The van der Waals surface area contributed by atoms with E-state index in [0.717, 1.165) is 18.7 Å². The quantitative estimate of drug-likeness (QED) is 0.689. The van der Waals surface area contributed by atoms with Crippen LogP contribution < -0.4 is 4.74 Å². The Kier molecular flexibility index (Phi) is 5.83. The zero-order chi connectivity index (χ0) is 14.0. The number of ether oxygens (including phenoxy) is 1. The topological polar surface area (TPSA) is 39.9 Å². The van der Waals surface area contributed by atoms with Gasteiger partial charge < -0.3 is 9.30 Å². The number of rotatable bonds is 8. The summed E-state index contributed by atoms with van der Waals surface area (Å²) in [4.78, 5) is 8.56. The summed E-state index contributed by atoms with van der Waals surface area (Å²) in [6, 6.07) is 4.01. The highest BCUT2D eigenvalue weighted by Gasteiger charge is 2.02. The number of hydrogen-bond acceptors (Lipinski definition) is 3. The molecule has 2 aromatic heterocycles. The molecule has 0 saturated carbocycles. The molecule has 0 radical (unpaired) electrons. The van der Waals surface area contributed by atoms with Crippen LogP contribution in [0.5, 0.6) is 5.88 Å². The van der Waals surface area contributed by atoms with E-state index >= 15 is 0 Å². The van der Waals surface area contributed by atoms with Crippen molar-refractivity contribution in [3.63, 3.8) is 0 Å². The molecule has 2 aromatic rings. The molecule has 0 aromatic carbocycles. The first kappa shape index (κ1) is 14.3. The molecule has 0 fully saturated rings. The van der Waals surface area contributed by atoms with Crippen LogP contribution in [0.15, 0.2) is 43.0 Å². The van der Waals surface area contributed by atoms with Crippen LogP contribution in [0.1, 0.15) is 31.9 Å². The molecule has 106 valence electrons. The summed E-state index contributed by atoms with van der Waals surface area (Å²) in [5.41, 5.74) is 0.802. The van der Waals surface area contributed by atoms with Gasteiger partial charge in [0, 0.05) is 24.8 Å². The largest absolute Gasteiger partial charge is 0.474 e. The van der Waals surface area contributed by atoms with Gasteiger partial charge in [0.15, 0.2) is 0 Å². The van der Waals surface area contributed by atoms with E-state index in [4.69, 9.17) is 4.74 Å². The molecule has 0 aliphatic heterocycles. The Morgan fingerprint density at radius 2 is 2.00 bits per heavy atom. The lowest BCUT2D eigenvalue weighted by molar-refractivity contribution is 0.285. The molecule has 2 rings (SSSR count). The van der Waals surface area contributed by atoms with E-state index in [-0.39, 0.29) is 0 Å². The Labute approximate surface area is 120 Å². The second kappa shape index (κ2) is 8.15. The Morgan fingerprint density at radius 1 is 1.20 bits per heavy atom. The Hall–Kier alpha value is -2.10. The maximum Gasteiger partial charge on any atom is 0.240 e. The monoisotopic (exact) mass is 271 g/mol. The maximum absolute atomic E-state index is 5.72. The van der Waals surface area contributed by atoms with Crippen molar-refractivity contribution in [2.24, 2.45) is 0 Å². The van der Waals surface area contributed by atoms with Gasteiger partial charge in [-0.1, -0.05) is 25.8 Å². The van der Waals surface area contributed by atoms with Gasteiger partial charge in [-0.2, -0.15) is 0 Å². The van der Waals surface area contributed by atoms with Crippen LogP contribution >= 0.6 is 0 Å². The van der Waals surface area contributed by atoms with Crippen LogP contribution in [0.25, 0.3) is 6.08 Å². The first-order valence-electron chi connectivity index (χ1n) is 7.11. The fraction of sp³-hybridized carbons (Fsp3) is 0.375. The van der Waals surface area contributed by atoms with E-state index in [1.165, 1.54) is 12.8 Å². The molecule has 0 spiro atoms. The molecule has 0 amide bonds. The van der Waals surface area contributed by atoms with E-state index in [1.54, 1.807) is 12.4 Å². The molecule has 0 unspecified atom stereocenters. The summed E-state index contributed by atoms with van der Waals surface area (Å²) in [7, 11) is 0. The molecule has 4 nitrogen and oxygen atoms in total. The fourth-order valence-electron chi connectivity index (χ4n) is 1.85. The number of allylic oxidation sites excluding steroid dienone is 1. The summed E-state index contributed by atoms with van der Waals surface area (Å²) in [6.07, 6.45) is 15.0. The van der Waals surface area contributed by atoms with Crippen molar-refractivity contribution in [2.45, 2.75) is 32.7 Å². The van der Waals surface area contributed by atoms with Gasteiger partial charge in [0.1, 0.15) is 12.3 Å². The van der Waals surface area contributed by atoms with E-state index in [1.807, 2.05) is 30.6 Å². The number of nitrogens with zero attached hydrogens (tertiary/aromatic N) is 3. The first-order chi connectivity index (χ1) is 9.90. The third-order valence-corrected chi connectivity index (χ3v) is 2.95. The SMILES string of the molecule is CCCC/C=C\c1nccnc1OCCn1cccc1. The standard InChI is InChI=1S/C16H21N3O/c1-2-3-4-5-8-15-16(18-10-9-17-15)20-14-13-19-11-6-7-12-19/h5-12H,2-4,13-14H2,1H3/b8-5-. The van der Waals surface area contributed by atoms with Crippen molar-refractivity contribution >= 4 is 6.08 Å². The molecule has 0 bridgehead atoms. The van der Waals surface area contributed by atoms with Gasteiger partial charge in [-0.3, -0.25) is 0 Å². The number of aromatic nitrogens is 3. The van der Waals surface area contributed by atoms with Crippen molar-refractivity contribution in [2.75, 3.05) is 6.61 Å². The summed E-state index contributed by atoms with van der Waals surface area (Å²) >= 11 is 0. The van der Waals surface area contributed by atoms with E-state index in [9.17, 15) is 0 Å². The van der Waals surface area contributed by atoms with Crippen LogP contribution in [-0.4, -0.2) is 21.1 Å². The zero-order valence-corrected chi connectivity index (χ0v) is 11.9. The molecule has 4 heteroatoms. The molecule has 20 heavy (non-hydrogen) atoms. The lowest BCUT2D eigenvalue weighted by Crippen LogP contribution is -2.08. The molecular weight excluding hydrogens is 250 g/mol. The van der Waals surface area contributed by atoms with Crippen molar-refractivity contribution in [3.05, 3.63) is 48.7 Å². The minimum atomic E-state index is 0.586. The molecule has 0 atom stereocenters. The van der Waals surface area contributed by atoms with Crippen LogP contribution in [0, 0.1) is 0 Å². The maximum atomic E-state index is 5.72. The third kappa shape index (κ3) is 4.53. The van der Waals surface area contributed by atoms with Gasteiger partial charge in [-0.05, 0) is 24.6 Å². The van der Waals surface area contributed by atoms with Crippen LogP contribution in [-0.2, 0) is 6.54 Å². The minimum Gasteiger partial charge on any atom is -0.474 e. The Morgan fingerprint density at radius 3 is 2.80 bits per heavy atom. The molecule has 0 aliphatic carbocycles. The number of unbranched alkanes of at least 4 members (excludes halogenated alkanes) is 2. The lowest BCUT2D eigenvalue weighted by Gasteiger charge is -2.07. The average molecular weight is 271 g/mol. The highest BCUT2D eigenvalue weighted by atomic mass is 16.5. The second-order valence-corrected chi connectivity index (χ2v) is 4.56. The van der Waals surface area contributed by atoms with Gasteiger partial charge in [0.25, 0.3) is 0 Å². The van der Waals surface area contributed by atoms with Crippen molar-refractivity contribution < 1.29 is 4.74 Å². The van der Waals surface area contributed by atoms with Gasteiger partial charge in [0.05, 0.1) is 6.54 Å². The fourth-order valence-corrected chi connectivity index (χ4v) is 1.85. The minimum absolute atomic E-state index is 0.586. The predicted molar refractivity (Wildman–Crippen MR) is 80.5 cm³/mol. The molecule has 0 saturated heterocycles. The van der Waals surface area contributed by atoms with E-state index in [0.29, 0.717) is 12.5 Å². The molecule has 0 N–H and O–H groups in total. The predicted octanol–water partition coefficient (Wildman–Crippen LogP) is 3.56. The highest BCUT2D eigenvalue weighted by Crippen LogP contribution is 2.14. The molecule has 0 aliphatic rings. The zero-order valence-electron chi connectivity index (χ0n) is 11.9. The van der Waals surface area contributed by atoms with Gasteiger partial charge in [-0.15, -0.1) is 0 Å². The normalized spacial score (nSPS) is 11.1. The molecular formula is C16H21N3O. The summed E-state index contributed by atoms with van der Waals surface area (Å²) in [5, 5.41) is 0. The third-order valence-electron chi connectivity index (χ3n) is 2.95. The smallest absolute Gasteiger partial charge is 0.240 e. The van der Waals surface area contributed by atoms with E-state index in [2.05, 4.69) is 27.5 Å². The summed E-state index contributed by atoms with van der Waals surface area (Å²) in [5.74, 6) is 0.604.